The van der Waals surface area contributed by atoms with Crippen molar-refractivity contribution in [2.45, 2.75) is 32.6 Å². The summed E-state index contributed by atoms with van der Waals surface area (Å²) in [4.78, 5) is 26.3. The fourth-order valence-electron chi connectivity index (χ4n) is 3.16. The fourth-order valence-corrected chi connectivity index (χ4v) is 3.34. The molecule has 2 unspecified atom stereocenters. The molecule has 6 heteroatoms. The van der Waals surface area contributed by atoms with E-state index in [9.17, 15) is 14.0 Å². The summed E-state index contributed by atoms with van der Waals surface area (Å²) in [5.41, 5.74) is 2.44. The van der Waals surface area contributed by atoms with Crippen LogP contribution in [0, 0.1) is 11.7 Å². The van der Waals surface area contributed by atoms with Crippen molar-refractivity contribution in [3.8, 4) is 0 Å². The summed E-state index contributed by atoms with van der Waals surface area (Å²) in [5, 5.41) is 2.83. The van der Waals surface area contributed by atoms with E-state index in [2.05, 4.69) is 19.2 Å². The summed E-state index contributed by atoms with van der Waals surface area (Å²) in [6.45, 7) is 4.54. The van der Waals surface area contributed by atoms with Gasteiger partial charge >= 0.3 is 0 Å². The maximum atomic E-state index is 13.3. The molecule has 0 spiro atoms. The average molecular weight is 389 g/mol. The Hall–Kier alpha value is -2.40. The van der Waals surface area contributed by atoms with E-state index in [0.29, 0.717) is 17.3 Å². The van der Waals surface area contributed by atoms with E-state index in [1.807, 2.05) is 24.3 Å². The summed E-state index contributed by atoms with van der Waals surface area (Å²) in [6.07, 6.45) is 1.17. The lowest BCUT2D eigenvalue weighted by atomic mass is 9.98. The molecule has 1 saturated heterocycles. The third-order valence-electron chi connectivity index (χ3n) is 5.07. The third-order valence-corrected chi connectivity index (χ3v) is 5.36. The molecule has 2 aromatic rings. The van der Waals surface area contributed by atoms with Gasteiger partial charge in [-0.1, -0.05) is 37.6 Å². The van der Waals surface area contributed by atoms with E-state index in [4.69, 9.17) is 11.6 Å². The van der Waals surface area contributed by atoms with Crippen LogP contribution in [0.3, 0.4) is 0 Å². The molecule has 1 fully saturated rings. The molecular weight excluding hydrogens is 367 g/mol. The SMILES string of the molecule is CCC(C)c1ccc(NC(=O)C2CC(=O)N(c3ccc(F)c(Cl)c3)C2)cc1. The number of rotatable bonds is 5. The normalized spacial score (nSPS) is 17.9. The van der Waals surface area contributed by atoms with Gasteiger partial charge in [-0.25, -0.2) is 4.39 Å². The number of anilines is 2. The first-order valence-electron chi connectivity index (χ1n) is 9.05. The van der Waals surface area contributed by atoms with E-state index < -0.39 is 11.7 Å². The van der Waals surface area contributed by atoms with E-state index in [0.717, 1.165) is 6.42 Å². The van der Waals surface area contributed by atoms with Crippen molar-refractivity contribution in [2.75, 3.05) is 16.8 Å². The van der Waals surface area contributed by atoms with Crippen LogP contribution in [0.4, 0.5) is 15.8 Å². The molecule has 4 nitrogen and oxygen atoms in total. The zero-order chi connectivity index (χ0) is 19.6. The summed E-state index contributed by atoms with van der Waals surface area (Å²) in [5.74, 6) is -0.906. The Morgan fingerprint density at radius 1 is 1.30 bits per heavy atom. The lowest BCUT2D eigenvalue weighted by Crippen LogP contribution is -2.28. The number of carbonyl (C=O) groups is 2. The van der Waals surface area contributed by atoms with Gasteiger partial charge in [0, 0.05) is 24.3 Å². The molecule has 1 heterocycles. The molecule has 3 rings (SSSR count). The molecule has 27 heavy (non-hydrogen) atoms. The van der Waals surface area contributed by atoms with Crippen molar-refractivity contribution in [1.29, 1.82) is 0 Å². The zero-order valence-corrected chi connectivity index (χ0v) is 16.1. The summed E-state index contributed by atoms with van der Waals surface area (Å²) < 4.78 is 13.3. The van der Waals surface area contributed by atoms with E-state index in [1.54, 1.807) is 0 Å². The topological polar surface area (TPSA) is 49.4 Å². The first-order chi connectivity index (χ1) is 12.9. The van der Waals surface area contributed by atoms with Crippen LogP contribution in [0.2, 0.25) is 5.02 Å². The van der Waals surface area contributed by atoms with E-state index in [1.165, 1.54) is 28.7 Å². The number of halogens is 2. The van der Waals surface area contributed by atoms with Crippen LogP contribution >= 0.6 is 11.6 Å². The smallest absolute Gasteiger partial charge is 0.229 e. The molecule has 0 aromatic heterocycles. The van der Waals surface area contributed by atoms with Gasteiger partial charge in [0.2, 0.25) is 11.8 Å². The Balaban J connectivity index is 1.66. The summed E-state index contributed by atoms with van der Waals surface area (Å²) >= 11 is 5.80. The second-order valence-corrected chi connectivity index (χ2v) is 7.33. The maximum absolute atomic E-state index is 13.3. The minimum absolute atomic E-state index is 0.0467. The average Bonchev–Trinajstić information content (AvgIpc) is 3.06. The summed E-state index contributed by atoms with van der Waals surface area (Å²) in [6, 6.07) is 11.9. The van der Waals surface area contributed by atoms with Crippen LogP contribution < -0.4 is 10.2 Å². The molecule has 2 aromatic carbocycles. The standard InChI is InChI=1S/C21H22ClFN2O2/c1-3-13(2)14-4-6-16(7-5-14)24-21(27)15-10-20(26)25(12-15)17-8-9-19(23)18(22)11-17/h4-9,11,13,15H,3,10,12H2,1-2H3,(H,24,27). The van der Waals surface area contributed by atoms with E-state index in [-0.39, 0.29) is 29.8 Å². The first kappa shape index (κ1) is 19.4. The Bertz CT molecular complexity index is 854. The summed E-state index contributed by atoms with van der Waals surface area (Å²) in [7, 11) is 0. The highest BCUT2D eigenvalue weighted by Gasteiger charge is 2.35. The number of hydrogen-bond acceptors (Lipinski definition) is 2. The second kappa shape index (κ2) is 8.09. The van der Waals surface area contributed by atoms with Gasteiger partial charge in [0.1, 0.15) is 5.82 Å². The van der Waals surface area contributed by atoms with Crippen LogP contribution in [0.5, 0.6) is 0 Å². The highest BCUT2D eigenvalue weighted by Crippen LogP contribution is 2.29. The van der Waals surface area contributed by atoms with Gasteiger partial charge in [-0.15, -0.1) is 0 Å². The predicted molar refractivity (Wildman–Crippen MR) is 106 cm³/mol. The molecule has 1 aliphatic rings. The van der Waals surface area contributed by atoms with E-state index >= 15 is 0 Å². The molecule has 142 valence electrons. The largest absolute Gasteiger partial charge is 0.326 e. The van der Waals surface area contributed by atoms with Gasteiger partial charge in [-0.2, -0.15) is 0 Å². The number of hydrogen-bond donors (Lipinski definition) is 1. The molecule has 0 bridgehead atoms. The maximum Gasteiger partial charge on any atom is 0.229 e. The lowest BCUT2D eigenvalue weighted by Gasteiger charge is -2.17. The zero-order valence-electron chi connectivity index (χ0n) is 15.3. The number of nitrogens with one attached hydrogen (secondary N) is 1. The Labute approximate surface area is 163 Å². The second-order valence-electron chi connectivity index (χ2n) is 6.92. The predicted octanol–water partition coefficient (Wildman–Crippen LogP) is 4.98. The highest BCUT2D eigenvalue weighted by molar-refractivity contribution is 6.31. The third kappa shape index (κ3) is 4.30. The fraction of sp³-hybridized carbons (Fsp3) is 0.333. The van der Waals surface area contributed by atoms with Gasteiger partial charge < -0.3 is 10.2 Å². The van der Waals surface area contributed by atoms with Crippen LogP contribution in [0.1, 0.15) is 38.2 Å². The van der Waals surface area contributed by atoms with Gasteiger partial charge in [-0.3, -0.25) is 9.59 Å². The number of nitrogens with zero attached hydrogens (tertiary/aromatic N) is 1. The molecule has 0 saturated carbocycles. The molecular formula is C21H22ClFN2O2. The van der Waals surface area contributed by atoms with Gasteiger partial charge in [0.25, 0.3) is 0 Å². The number of benzene rings is 2. The van der Waals surface area contributed by atoms with Gasteiger partial charge in [0.15, 0.2) is 0 Å². The first-order valence-corrected chi connectivity index (χ1v) is 9.43. The Morgan fingerprint density at radius 3 is 2.63 bits per heavy atom. The number of amides is 2. The van der Waals surface area contributed by atoms with Gasteiger partial charge in [-0.05, 0) is 48.2 Å². The Kier molecular flexibility index (Phi) is 5.80. The van der Waals surface area contributed by atoms with Crippen molar-refractivity contribution >= 4 is 34.8 Å². The van der Waals surface area contributed by atoms with Gasteiger partial charge in [0.05, 0.1) is 10.9 Å². The van der Waals surface area contributed by atoms with Crippen molar-refractivity contribution in [1.82, 2.24) is 0 Å². The molecule has 0 radical (unpaired) electrons. The number of carbonyl (C=O) groups excluding carboxylic acids is 2. The molecule has 1 N–H and O–H groups in total. The molecule has 1 aliphatic heterocycles. The van der Waals surface area contributed by atoms with Crippen molar-refractivity contribution in [3.05, 3.63) is 58.9 Å². The van der Waals surface area contributed by atoms with Crippen molar-refractivity contribution in [2.24, 2.45) is 5.92 Å². The molecule has 2 atom stereocenters. The minimum Gasteiger partial charge on any atom is -0.326 e. The van der Waals surface area contributed by atoms with Crippen LogP contribution in [-0.2, 0) is 9.59 Å². The lowest BCUT2D eigenvalue weighted by molar-refractivity contribution is -0.122. The van der Waals surface area contributed by atoms with Crippen LogP contribution in [0.15, 0.2) is 42.5 Å². The molecule has 2 amide bonds. The molecule has 0 aliphatic carbocycles. The quantitative estimate of drug-likeness (QED) is 0.784. The Morgan fingerprint density at radius 2 is 2.00 bits per heavy atom. The van der Waals surface area contributed by atoms with Crippen molar-refractivity contribution in [3.63, 3.8) is 0 Å². The van der Waals surface area contributed by atoms with Crippen molar-refractivity contribution < 1.29 is 14.0 Å². The minimum atomic E-state index is -0.540. The van der Waals surface area contributed by atoms with Crippen LogP contribution in [-0.4, -0.2) is 18.4 Å². The highest BCUT2D eigenvalue weighted by atomic mass is 35.5. The van der Waals surface area contributed by atoms with Crippen LogP contribution in [0.25, 0.3) is 0 Å². The monoisotopic (exact) mass is 388 g/mol.